The molecule has 2 aliphatic rings. The molecular weight excluding hydrogens is 200 g/mol. The van der Waals surface area contributed by atoms with Crippen molar-refractivity contribution in [3.05, 3.63) is 12.2 Å². The van der Waals surface area contributed by atoms with Gasteiger partial charge in [-0.15, -0.1) is 11.6 Å². The van der Waals surface area contributed by atoms with E-state index in [4.69, 9.17) is 16.3 Å². The van der Waals surface area contributed by atoms with E-state index in [2.05, 4.69) is 12.2 Å². The van der Waals surface area contributed by atoms with Crippen LogP contribution in [0.15, 0.2) is 12.2 Å². The molecule has 0 saturated heterocycles. The van der Waals surface area contributed by atoms with E-state index in [0.29, 0.717) is 18.4 Å². The number of halogens is 1. The maximum Gasteiger partial charge on any atom is 0.323 e. The summed E-state index contributed by atoms with van der Waals surface area (Å²) in [5.74, 6) is 1.61. The maximum absolute atomic E-state index is 11.1. The second-order valence-electron chi connectivity index (χ2n) is 4.29. The molecule has 0 aliphatic heterocycles. The normalized spacial score (nSPS) is 36.0. The smallest absolute Gasteiger partial charge is 0.323 e. The molecule has 2 nitrogen and oxygen atoms in total. The molecule has 2 aliphatic carbocycles. The fourth-order valence-corrected chi connectivity index (χ4v) is 2.45. The van der Waals surface area contributed by atoms with Crippen molar-refractivity contribution in [3.63, 3.8) is 0 Å². The Labute approximate surface area is 89.3 Å². The summed E-state index contributed by atoms with van der Waals surface area (Å²) in [6.07, 6.45) is 6.97. The molecule has 14 heavy (non-hydrogen) atoms. The van der Waals surface area contributed by atoms with E-state index in [0.717, 1.165) is 5.92 Å². The zero-order valence-electron chi connectivity index (χ0n) is 8.28. The van der Waals surface area contributed by atoms with Crippen molar-refractivity contribution < 1.29 is 9.53 Å². The van der Waals surface area contributed by atoms with Crippen LogP contribution < -0.4 is 0 Å². The molecule has 0 radical (unpaired) electrons. The third-order valence-electron chi connectivity index (χ3n) is 3.18. The van der Waals surface area contributed by atoms with E-state index in [1.807, 2.05) is 0 Å². The minimum absolute atomic E-state index is 0.293. The summed E-state index contributed by atoms with van der Waals surface area (Å²) in [6.45, 7) is 2.19. The molecule has 78 valence electrons. The van der Waals surface area contributed by atoms with Crippen LogP contribution in [0.2, 0.25) is 0 Å². The summed E-state index contributed by atoms with van der Waals surface area (Å²) in [5.41, 5.74) is 0. The minimum atomic E-state index is -0.524. The third-order valence-corrected chi connectivity index (χ3v) is 3.36. The zero-order chi connectivity index (χ0) is 10.1. The van der Waals surface area contributed by atoms with E-state index in [1.54, 1.807) is 6.92 Å². The number of carbonyl (C=O) groups excluding carboxylic acids is 1. The number of fused-ring (bicyclic) bond motifs is 2. The molecule has 0 aromatic rings. The zero-order valence-corrected chi connectivity index (χ0v) is 9.04. The van der Waals surface area contributed by atoms with Crippen LogP contribution in [0.5, 0.6) is 0 Å². The van der Waals surface area contributed by atoms with Gasteiger partial charge in [-0.25, -0.2) is 0 Å². The lowest BCUT2D eigenvalue weighted by molar-refractivity contribution is -0.144. The van der Waals surface area contributed by atoms with Crippen molar-refractivity contribution in [2.24, 2.45) is 17.8 Å². The van der Waals surface area contributed by atoms with Gasteiger partial charge in [-0.2, -0.15) is 0 Å². The Bertz CT molecular complexity index is 260. The SMILES string of the molecule is CC(Cl)C(=O)OC[C@H]1C[C@H]2C=C[C@@H]1C2. The molecule has 0 aromatic carbocycles. The van der Waals surface area contributed by atoms with Gasteiger partial charge in [0, 0.05) is 0 Å². The number of alkyl halides is 1. The molecule has 3 heteroatoms. The second kappa shape index (κ2) is 3.93. The summed E-state index contributed by atoms with van der Waals surface area (Å²) in [7, 11) is 0. The predicted octanol–water partition coefficient (Wildman–Crippen LogP) is 2.37. The van der Waals surface area contributed by atoms with Crippen LogP contribution in [-0.4, -0.2) is 18.0 Å². The highest BCUT2D eigenvalue weighted by molar-refractivity contribution is 6.29. The van der Waals surface area contributed by atoms with Gasteiger partial charge in [0.1, 0.15) is 5.38 Å². The van der Waals surface area contributed by atoms with Gasteiger partial charge in [-0.05, 0) is 37.5 Å². The molecule has 0 aromatic heterocycles. The van der Waals surface area contributed by atoms with Gasteiger partial charge >= 0.3 is 5.97 Å². The summed E-state index contributed by atoms with van der Waals surface area (Å²) < 4.78 is 5.14. The first kappa shape index (κ1) is 10.0. The van der Waals surface area contributed by atoms with E-state index in [-0.39, 0.29) is 5.97 Å². The van der Waals surface area contributed by atoms with Crippen LogP contribution >= 0.6 is 11.6 Å². The van der Waals surface area contributed by atoms with Crippen LogP contribution in [0.3, 0.4) is 0 Å². The first-order valence-electron chi connectivity index (χ1n) is 5.16. The fourth-order valence-electron chi connectivity index (χ4n) is 2.39. The van der Waals surface area contributed by atoms with Crippen molar-refractivity contribution in [2.45, 2.75) is 25.1 Å². The van der Waals surface area contributed by atoms with E-state index in [9.17, 15) is 4.79 Å². The van der Waals surface area contributed by atoms with Gasteiger partial charge in [-0.1, -0.05) is 12.2 Å². The van der Waals surface area contributed by atoms with Crippen molar-refractivity contribution in [3.8, 4) is 0 Å². The van der Waals surface area contributed by atoms with Crippen LogP contribution in [0, 0.1) is 17.8 Å². The van der Waals surface area contributed by atoms with Crippen LogP contribution in [0.1, 0.15) is 19.8 Å². The largest absolute Gasteiger partial charge is 0.464 e. The highest BCUT2D eigenvalue weighted by Crippen LogP contribution is 2.43. The number of carbonyl (C=O) groups is 1. The Balaban J connectivity index is 1.77. The van der Waals surface area contributed by atoms with Gasteiger partial charge < -0.3 is 4.74 Å². The monoisotopic (exact) mass is 214 g/mol. The number of allylic oxidation sites excluding steroid dienone is 2. The molecule has 1 saturated carbocycles. The summed E-state index contributed by atoms with van der Waals surface area (Å²) in [6, 6.07) is 0. The second-order valence-corrected chi connectivity index (χ2v) is 4.94. The highest BCUT2D eigenvalue weighted by Gasteiger charge is 2.36. The first-order valence-corrected chi connectivity index (χ1v) is 5.59. The van der Waals surface area contributed by atoms with E-state index < -0.39 is 5.38 Å². The summed E-state index contributed by atoms with van der Waals surface area (Å²) >= 11 is 5.60. The molecular formula is C11H15ClO2. The molecule has 1 fully saturated rings. The third kappa shape index (κ3) is 1.95. The molecule has 4 atom stereocenters. The van der Waals surface area contributed by atoms with Crippen LogP contribution in [-0.2, 0) is 9.53 Å². The van der Waals surface area contributed by atoms with Gasteiger partial charge in [0.05, 0.1) is 6.61 Å². The number of esters is 1. The Kier molecular flexibility index (Phi) is 2.82. The molecule has 2 rings (SSSR count). The molecule has 0 spiro atoms. The average Bonchev–Trinajstić information content (AvgIpc) is 2.74. The molecule has 1 unspecified atom stereocenters. The van der Waals surface area contributed by atoms with Gasteiger partial charge in [-0.3, -0.25) is 4.79 Å². The molecule has 0 N–H and O–H groups in total. The Hall–Kier alpha value is -0.500. The standard InChI is InChI=1S/C11H15ClO2/c1-7(12)11(13)14-6-10-5-8-2-3-9(10)4-8/h2-3,7-10H,4-6H2,1H3/t7?,8-,9+,10+/m0/s1. The topological polar surface area (TPSA) is 26.3 Å². The minimum Gasteiger partial charge on any atom is -0.464 e. The average molecular weight is 215 g/mol. The van der Waals surface area contributed by atoms with Crippen molar-refractivity contribution >= 4 is 17.6 Å². The summed E-state index contributed by atoms with van der Waals surface area (Å²) in [5, 5.41) is -0.524. The lowest BCUT2D eigenvalue weighted by Crippen LogP contribution is -2.21. The highest BCUT2D eigenvalue weighted by atomic mass is 35.5. The van der Waals surface area contributed by atoms with Crippen LogP contribution in [0.25, 0.3) is 0 Å². The number of rotatable bonds is 3. The Morgan fingerprint density at radius 3 is 2.86 bits per heavy atom. The number of hydrogen-bond acceptors (Lipinski definition) is 2. The quantitative estimate of drug-likeness (QED) is 0.410. The van der Waals surface area contributed by atoms with Crippen molar-refractivity contribution in [2.75, 3.05) is 6.61 Å². The summed E-state index contributed by atoms with van der Waals surface area (Å²) in [4.78, 5) is 11.1. The Morgan fingerprint density at radius 2 is 2.36 bits per heavy atom. The fraction of sp³-hybridized carbons (Fsp3) is 0.727. The lowest BCUT2D eigenvalue weighted by atomic mass is 9.95. The number of hydrogen-bond donors (Lipinski definition) is 0. The van der Waals surface area contributed by atoms with E-state index in [1.165, 1.54) is 12.8 Å². The molecule has 0 heterocycles. The van der Waals surface area contributed by atoms with E-state index >= 15 is 0 Å². The van der Waals surface area contributed by atoms with Gasteiger partial charge in [0.25, 0.3) is 0 Å². The van der Waals surface area contributed by atoms with Gasteiger partial charge in [0.15, 0.2) is 0 Å². The molecule has 0 amide bonds. The van der Waals surface area contributed by atoms with Gasteiger partial charge in [0.2, 0.25) is 0 Å². The lowest BCUT2D eigenvalue weighted by Gasteiger charge is -2.18. The first-order chi connectivity index (χ1) is 6.66. The molecule has 2 bridgehead atoms. The maximum atomic E-state index is 11.1. The Morgan fingerprint density at radius 1 is 1.57 bits per heavy atom. The predicted molar refractivity (Wildman–Crippen MR) is 55.1 cm³/mol. The van der Waals surface area contributed by atoms with Crippen LogP contribution in [0.4, 0.5) is 0 Å². The van der Waals surface area contributed by atoms with Crippen molar-refractivity contribution in [1.82, 2.24) is 0 Å². The number of ether oxygens (including phenoxy) is 1. The van der Waals surface area contributed by atoms with Crippen molar-refractivity contribution in [1.29, 1.82) is 0 Å².